The fraction of sp³-hybridized carbons (Fsp3) is 0.588. The number of methoxy groups -OCH3 is 1. The van der Waals surface area contributed by atoms with Gasteiger partial charge >= 0.3 is 5.97 Å². The molecule has 0 aromatic carbocycles. The van der Waals surface area contributed by atoms with Crippen LogP contribution in [0.3, 0.4) is 0 Å². The second-order valence-electron chi connectivity index (χ2n) is 7.09. The van der Waals surface area contributed by atoms with Crippen molar-refractivity contribution in [3.8, 4) is 0 Å². The van der Waals surface area contributed by atoms with Gasteiger partial charge in [-0.25, -0.2) is 9.97 Å². The van der Waals surface area contributed by atoms with E-state index >= 15 is 0 Å². The Balaban J connectivity index is 2.06. The molecule has 2 aromatic heterocycles. The Hall–Kier alpha value is -1.62. The molecule has 0 aliphatic heterocycles. The first-order chi connectivity index (χ1) is 10.8. The van der Waals surface area contributed by atoms with Gasteiger partial charge in [0, 0.05) is 17.8 Å². The van der Waals surface area contributed by atoms with E-state index in [9.17, 15) is 4.79 Å². The lowest BCUT2D eigenvalue weighted by Gasteiger charge is -2.32. The van der Waals surface area contributed by atoms with Crippen LogP contribution >= 0.6 is 11.6 Å². The summed E-state index contributed by atoms with van der Waals surface area (Å²) in [5.74, 6) is 1.04. The molecule has 0 radical (unpaired) electrons. The molecule has 5 nitrogen and oxygen atoms in total. The van der Waals surface area contributed by atoms with Crippen LogP contribution in [0.25, 0.3) is 5.52 Å². The third kappa shape index (κ3) is 2.33. The maximum absolute atomic E-state index is 12.5. The zero-order valence-corrected chi connectivity index (χ0v) is 14.7. The van der Waals surface area contributed by atoms with Gasteiger partial charge in [0.15, 0.2) is 5.15 Å². The molecular formula is C17H22ClN3O2. The minimum atomic E-state index is -0.452. The van der Waals surface area contributed by atoms with Gasteiger partial charge in [-0.15, -0.1) is 0 Å². The van der Waals surface area contributed by atoms with Crippen LogP contribution in [0, 0.1) is 11.3 Å². The van der Waals surface area contributed by atoms with E-state index in [1.807, 2.05) is 10.6 Å². The third-order valence-corrected chi connectivity index (χ3v) is 5.77. The predicted molar refractivity (Wildman–Crippen MR) is 88.5 cm³/mol. The lowest BCUT2D eigenvalue weighted by Crippen LogP contribution is -2.37. The van der Waals surface area contributed by atoms with Crippen LogP contribution in [0.15, 0.2) is 18.6 Å². The topological polar surface area (TPSA) is 56.5 Å². The number of ether oxygens (including phenoxy) is 1. The van der Waals surface area contributed by atoms with Gasteiger partial charge in [0.05, 0.1) is 18.7 Å². The fourth-order valence-electron chi connectivity index (χ4n) is 4.01. The number of esters is 1. The molecule has 2 aromatic rings. The van der Waals surface area contributed by atoms with Crippen LogP contribution in [-0.2, 0) is 14.9 Å². The van der Waals surface area contributed by atoms with E-state index in [-0.39, 0.29) is 17.3 Å². The van der Waals surface area contributed by atoms with Crippen LogP contribution in [0.4, 0.5) is 0 Å². The molecule has 1 saturated carbocycles. The molecular weight excluding hydrogens is 314 g/mol. The SMILES string of the molecule is COC(=O)[C@]1(C(C)C)CC[C@@](C)(c2ncc3c(Cl)nccn23)C1. The van der Waals surface area contributed by atoms with Crippen LogP contribution in [-0.4, -0.2) is 27.4 Å². The molecule has 0 saturated heterocycles. The molecule has 2 atom stereocenters. The smallest absolute Gasteiger partial charge is 0.312 e. The van der Waals surface area contributed by atoms with E-state index in [0.29, 0.717) is 5.15 Å². The number of carbonyl (C=O) groups excluding carboxylic acids is 1. The van der Waals surface area contributed by atoms with Crippen LogP contribution in [0.1, 0.15) is 45.9 Å². The Morgan fingerprint density at radius 1 is 1.39 bits per heavy atom. The first-order valence-electron chi connectivity index (χ1n) is 7.90. The highest BCUT2D eigenvalue weighted by molar-refractivity contribution is 6.32. The molecule has 1 aliphatic rings. The van der Waals surface area contributed by atoms with Gasteiger partial charge in [0.2, 0.25) is 0 Å². The Morgan fingerprint density at radius 2 is 2.13 bits per heavy atom. The summed E-state index contributed by atoms with van der Waals surface area (Å²) >= 11 is 6.16. The van der Waals surface area contributed by atoms with Crippen molar-refractivity contribution >= 4 is 23.1 Å². The Labute approximate surface area is 141 Å². The Morgan fingerprint density at radius 3 is 2.78 bits per heavy atom. The molecule has 1 fully saturated rings. The van der Waals surface area contributed by atoms with Gasteiger partial charge in [-0.2, -0.15) is 0 Å². The number of imidazole rings is 1. The second kappa shape index (κ2) is 5.48. The minimum Gasteiger partial charge on any atom is -0.469 e. The summed E-state index contributed by atoms with van der Waals surface area (Å²) in [4.78, 5) is 21.2. The zero-order valence-electron chi connectivity index (χ0n) is 14.0. The standard InChI is InChI=1S/C17H22ClN3O2/c1-11(2)17(15(22)23-4)6-5-16(3,10-17)14-20-9-12-13(18)19-7-8-21(12)14/h7-9,11H,5-6,10H2,1-4H3/t16-,17-/m1/s1. The third-order valence-electron chi connectivity index (χ3n) is 5.48. The Kier molecular flexibility index (Phi) is 3.87. The van der Waals surface area contributed by atoms with E-state index in [4.69, 9.17) is 16.3 Å². The molecule has 0 bridgehead atoms. The number of aromatic nitrogens is 3. The van der Waals surface area contributed by atoms with Crippen molar-refractivity contribution in [2.24, 2.45) is 11.3 Å². The molecule has 0 N–H and O–H groups in total. The van der Waals surface area contributed by atoms with Gasteiger partial charge in [-0.05, 0) is 25.2 Å². The number of hydrogen-bond donors (Lipinski definition) is 0. The predicted octanol–water partition coefficient (Wildman–Crippen LogP) is 3.64. The molecule has 0 unspecified atom stereocenters. The zero-order chi connectivity index (χ0) is 16.8. The van der Waals surface area contributed by atoms with Crippen molar-refractivity contribution < 1.29 is 9.53 Å². The van der Waals surface area contributed by atoms with Crippen molar-refractivity contribution in [3.05, 3.63) is 29.6 Å². The summed E-state index contributed by atoms with van der Waals surface area (Å²) in [6.45, 7) is 6.35. The summed E-state index contributed by atoms with van der Waals surface area (Å²) in [5, 5.41) is 0.441. The average Bonchev–Trinajstić information content (AvgIpc) is 3.10. The van der Waals surface area contributed by atoms with Crippen molar-refractivity contribution in [2.45, 2.75) is 45.4 Å². The van der Waals surface area contributed by atoms with Crippen molar-refractivity contribution in [2.75, 3.05) is 7.11 Å². The van der Waals surface area contributed by atoms with Crippen molar-refractivity contribution in [1.29, 1.82) is 0 Å². The normalized spacial score (nSPS) is 27.7. The van der Waals surface area contributed by atoms with E-state index < -0.39 is 5.41 Å². The molecule has 2 heterocycles. The number of nitrogens with zero attached hydrogens (tertiary/aromatic N) is 3. The van der Waals surface area contributed by atoms with E-state index in [2.05, 4.69) is 30.7 Å². The van der Waals surface area contributed by atoms with Gasteiger partial charge < -0.3 is 4.74 Å². The lowest BCUT2D eigenvalue weighted by molar-refractivity contribution is -0.155. The number of carbonyl (C=O) groups is 1. The van der Waals surface area contributed by atoms with Crippen molar-refractivity contribution in [3.63, 3.8) is 0 Å². The highest BCUT2D eigenvalue weighted by atomic mass is 35.5. The van der Waals surface area contributed by atoms with Crippen molar-refractivity contribution in [1.82, 2.24) is 14.4 Å². The maximum Gasteiger partial charge on any atom is 0.312 e. The number of rotatable bonds is 3. The first-order valence-corrected chi connectivity index (χ1v) is 8.28. The number of halogens is 1. The maximum atomic E-state index is 12.5. The van der Waals surface area contributed by atoms with Crippen LogP contribution in [0.2, 0.25) is 5.15 Å². The summed E-state index contributed by atoms with van der Waals surface area (Å²) in [5.41, 5.74) is 0.146. The highest BCUT2D eigenvalue weighted by Gasteiger charge is 2.54. The number of fused-ring (bicyclic) bond motifs is 1. The Bertz CT molecular complexity index is 757. The average molecular weight is 336 g/mol. The number of hydrogen-bond acceptors (Lipinski definition) is 4. The molecule has 124 valence electrons. The van der Waals surface area contributed by atoms with Crippen LogP contribution in [0.5, 0.6) is 0 Å². The minimum absolute atomic E-state index is 0.114. The van der Waals surface area contributed by atoms with Gasteiger partial charge in [-0.1, -0.05) is 32.4 Å². The first kappa shape index (κ1) is 16.2. The summed E-state index contributed by atoms with van der Waals surface area (Å²) in [7, 11) is 1.47. The molecule has 6 heteroatoms. The van der Waals surface area contributed by atoms with Gasteiger partial charge in [-0.3, -0.25) is 9.20 Å². The summed E-state index contributed by atoms with van der Waals surface area (Å²) in [6, 6.07) is 0. The molecule has 3 rings (SSSR count). The second-order valence-corrected chi connectivity index (χ2v) is 7.45. The molecule has 0 spiro atoms. The van der Waals surface area contributed by atoms with E-state index in [1.54, 1.807) is 12.4 Å². The van der Waals surface area contributed by atoms with Gasteiger partial charge in [0.25, 0.3) is 0 Å². The summed E-state index contributed by atoms with van der Waals surface area (Å²) < 4.78 is 7.11. The highest BCUT2D eigenvalue weighted by Crippen LogP contribution is 2.54. The van der Waals surface area contributed by atoms with E-state index in [0.717, 1.165) is 30.6 Å². The monoisotopic (exact) mass is 335 g/mol. The van der Waals surface area contributed by atoms with E-state index in [1.165, 1.54) is 7.11 Å². The quantitative estimate of drug-likeness (QED) is 0.803. The summed E-state index contributed by atoms with van der Waals surface area (Å²) in [6.07, 6.45) is 7.73. The molecule has 0 amide bonds. The largest absolute Gasteiger partial charge is 0.469 e. The molecule has 1 aliphatic carbocycles. The molecule has 23 heavy (non-hydrogen) atoms. The lowest BCUT2D eigenvalue weighted by atomic mass is 9.72. The fourth-order valence-corrected chi connectivity index (χ4v) is 4.21. The van der Waals surface area contributed by atoms with Crippen LogP contribution < -0.4 is 0 Å². The van der Waals surface area contributed by atoms with Gasteiger partial charge in [0.1, 0.15) is 11.3 Å².